The lowest BCUT2D eigenvalue weighted by Gasteiger charge is -2.35. The Bertz CT molecular complexity index is 735. The van der Waals surface area contributed by atoms with Crippen LogP contribution in [0.3, 0.4) is 0 Å². The van der Waals surface area contributed by atoms with Gasteiger partial charge in [0.1, 0.15) is 0 Å². The maximum atomic E-state index is 12.8. The van der Waals surface area contributed by atoms with Crippen LogP contribution >= 0.6 is 0 Å². The Hall–Kier alpha value is -1.60. The molecule has 1 atom stereocenters. The van der Waals surface area contributed by atoms with Gasteiger partial charge in [0.25, 0.3) is 0 Å². The van der Waals surface area contributed by atoms with Crippen molar-refractivity contribution < 1.29 is 23.1 Å². The minimum atomic E-state index is -4.13. The van der Waals surface area contributed by atoms with E-state index in [1.165, 1.54) is 0 Å². The fourth-order valence-electron chi connectivity index (χ4n) is 4.23. The number of carbonyl (C=O) groups excluding carboxylic acids is 1. The molecule has 7 heteroatoms. The van der Waals surface area contributed by atoms with Crippen molar-refractivity contribution in [1.29, 1.82) is 0 Å². The Morgan fingerprint density at radius 2 is 1.83 bits per heavy atom. The molecule has 0 spiro atoms. The predicted octanol–water partition coefficient (Wildman–Crippen LogP) is 4.32. The van der Waals surface area contributed by atoms with Crippen LogP contribution in [0.25, 0.3) is 0 Å². The highest BCUT2D eigenvalue weighted by Crippen LogP contribution is 2.35. The molecule has 0 aliphatic carbocycles. The van der Waals surface area contributed by atoms with Crippen LogP contribution in [0.4, 0.5) is 18.9 Å². The first-order valence-electron chi connectivity index (χ1n) is 10.4. The Kier molecular flexibility index (Phi) is 6.30. The van der Waals surface area contributed by atoms with Crippen LogP contribution in [-0.4, -0.2) is 48.3 Å². The summed E-state index contributed by atoms with van der Waals surface area (Å²) < 4.78 is 38.5. The standard InChI is InChI=1S/C22H31F3N2O2/c1-21(2,3)20(29)27-10-4-5-15-13-16(6-7-18(15)27)19(28)14-26-11-8-17(9-12-26)22(23,24)25/h6-7,13,17,19,28H,4-5,8-12,14H2,1-3H3/t19-/m0/s1. The summed E-state index contributed by atoms with van der Waals surface area (Å²) in [5.74, 6) is -1.15. The van der Waals surface area contributed by atoms with E-state index in [-0.39, 0.29) is 18.7 Å². The van der Waals surface area contributed by atoms with Gasteiger partial charge < -0.3 is 14.9 Å². The lowest BCUT2D eigenvalue weighted by Crippen LogP contribution is -2.42. The van der Waals surface area contributed by atoms with Gasteiger partial charge in [-0.05, 0) is 56.0 Å². The van der Waals surface area contributed by atoms with E-state index in [0.717, 1.165) is 29.7 Å². The number of halogens is 3. The monoisotopic (exact) mass is 412 g/mol. The highest BCUT2D eigenvalue weighted by atomic mass is 19.4. The Balaban J connectivity index is 1.66. The number of hydrogen-bond donors (Lipinski definition) is 1. The maximum Gasteiger partial charge on any atom is 0.391 e. The summed E-state index contributed by atoms with van der Waals surface area (Å²) in [5, 5.41) is 10.7. The number of nitrogens with zero attached hydrogens (tertiary/aromatic N) is 2. The van der Waals surface area contributed by atoms with Crippen molar-refractivity contribution in [3.8, 4) is 0 Å². The number of hydrogen-bond acceptors (Lipinski definition) is 3. The van der Waals surface area contributed by atoms with Crippen LogP contribution in [0, 0.1) is 11.3 Å². The predicted molar refractivity (Wildman–Crippen MR) is 107 cm³/mol. The molecule has 0 aromatic heterocycles. The third-order valence-electron chi connectivity index (χ3n) is 5.98. The summed E-state index contributed by atoms with van der Waals surface area (Å²) in [6.45, 7) is 7.43. The van der Waals surface area contributed by atoms with Crippen molar-refractivity contribution in [2.24, 2.45) is 11.3 Å². The number of likely N-dealkylation sites (tertiary alicyclic amines) is 1. The molecule has 3 rings (SSSR count). The third-order valence-corrected chi connectivity index (χ3v) is 5.98. The number of amides is 1. The first-order chi connectivity index (χ1) is 13.5. The quantitative estimate of drug-likeness (QED) is 0.804. The normalized spacial score (nSPS) is 20.4. The molecular formula is C22H31F3N2O2. The summed E-state index contributed by atoms with van der Waals surface area (Å²) in [5.41, 5.74) is 2.24. The van der Waals surface area contributed by atoms with Crippen molar-refractivity contribution in [2.45, 2.75) is 58.7 Å². The van der Waals surface area contributed by atoms with Gasteiger partial charge in [-0.2, -0.15) is 13.2 Å². The van der Waals surface area contributed by atoms with Crippen LogP contribution in [0.2, 0.25) is 0 Å². The fourth-order valence-corrected chi connectivity index (χ4v) is 4.23. The van der Waals surface area contributed by atoms with Gasteiger partial charge in [0.05, 0.1) is 12.0 Å². The molecule has 1 N–H and O–H groups in total. The van der Waals surface area contributed by atoms with E-state index in [0.29, 0.717) is 26.2 Å². The largest absolute Gasteiger partial charge is 0.391 e. The second-order valence-electron chi connectivity index (χ2n) is 9.33. The molecule has 1 saturated heterocycles. The Labute approximate surface area is 170 Å². The third kappa shape index (κ3) is 5.12. The highest BCUT2D eigenvalue weighted by Gasteiger charge is 2.41. The minimum absolute atomic E-state index is 0.0827. The number of β-amino-alcohol motifs (C(OH)–C–C–N with tert-alkyl or cyclic N) is 1. The van der Waals surface area contributed by atoms with Gasteiger partial charge in [-0.1, -0.05) is 32.9 Å². The smallest absolute Gasteiger partial charge is 0.387 e. The molecule has 1 amide bonds. The lowest BCUT2D eigenvalue weighted by molar-refractivity contribution is -0.185. The van der Waals surface area contributed by atoms with Gasteiger partial charge in [-0.25, -0.2) is 0 Å². The van der Waals surface area contributed by atoms with Gasteiger partial charge in [-0.15, -0.1) is 0 Å². The zero-order valence-corrected chi connectivity index (χ0v) is 17.4. The molecule has 4 nitrogen and oxygen atoms in total. The Morgan fingerprint density at radius 3 is 2.41 bits per heavy atom. The van der Waals surface area contributed by atoms with Crippen molar-refractivity contribution in [1.82, 2.24) is 4.90 Å². The molecule has 0 unspecified atom stereocenters. The molecule has 2 aliphatic rings. The van der Waals surface area contributed by atoms with Gasteiger partial charge in [0.15, 0.2) is 0 Å². The number of alkyl halides is 3. The number of benzene rings is 1. The van der Waals surface area contributed by atoms with Crippen LogP contribution in [0.1, 0.15) is 57.3 Å². The zero-order valence-electron chi connectivity index (χ0n) is 17.4. The summed E-state index contributed by atoms with van der Waals surface area (Å²) in [7, 11) is 0. The molecular weight excluding hydrogens is 381 g/mol. The average Bonchev–Trinajstić information content (AvgIpc) is 2.65. The van der Waals surface area contributed by atoms with E-state index < -0.39 is 23.6 Å². The molecule has 0 radical (unpaired) electrons. The van der Waals surface area contributed by atoms with E-state index in [4.69, 9.17) is 0 Å². The molecule has 162 valence electrons. The summed E-state index contributed by atoms with van der Waals surface area (Å²) in [6, 6.07) is 5.68. The topological polar surface area (TPSA) is 43.8 Å². The highest BCUT2D eigenvalue weighted by molar-refractivity contribution is 5.98. The van der Waals surface area contributed by atoms with Crippen molar-refractivity contribution in [2.75, 3.05) is 31.1 Å². The number of aliphatic hydroxyl groups is 1. The number of rotatable bonds is 3. The van der Waals surface area contributed by atoms with Gasteiger partial charge in [0.2, 0.25) is 5.91 Å². The van der Waals surface area contributed by atoms with Crippen molar-refractivity contribution in [3.05, 3.63) is 29.3 Å². The number of aliphatic hydroxyl groups excluding tert-OH is 1. The first kappa shape index (κ1) is 22.1. The van der Waals surface area contributed by atoms with E-state index >= 15 is 0 Å². The van der Waals surface area contributed by atoms with Crippen molar-refractivity contribution >= 4 is 11.6 Å². The van der Waals surface area contributed by atoms with E-state index in [9.17, 15) is 23.1 Å². The number of piperidine rings is 1. The van der Waals surface area contributed by atoms with Gasteiger partial charge in [-0.3, -0.25) is 4.79 Å². The summed E-state index contributed by atoms with van der Waals surface area (Å²) >= 11 is 0. The molecule has 2 aliphatic heterocycles. The molecule has 2 heterocycles. The van der Waals surface area contributed by atoms with Crippen LogP contribution in [0.15, 0.2) is 18.2 Å². The van der Waals surface area contributed by atoms with Crippen LogP contribution < -0.4 is 4.90 Å². The molecule has 0 saturated carbocycles. The van der Waals surface area contributed by atoms with E-state index in [1.54, 1.807) is 0 Å². The summed E-state index contributed by atoms with van der Waals surface area (Å²) in [4.78, 5) is 16.5. The number of aryl methyl sites for hydroxylation is 1. The molecule has 1 aromatic rings. The SMILES string of the molecule is CC(C)(C)C(=O)N1CCCc2cc([C@@H](O)CN3CCC(C(F)(F)F)CC3)ccc21. The zero-order chi connectivity index (χ0) is 21.4. The van der Waals surface area contributed by atoms with Crippen molar-refractivity contribution in [3.63, 3.8) is 0 Å². The maximum absolute atomic E-state index is 12.8. The molecule has 0 bridgehead atoms. The lowest BCUT2D eigenvalue weighted by atomic mass is 9.91. The van der Waals surface area contributed by atoms with Crippen LogP contribution in [-0.2, 0) is 11.2 Å². The second-order valence-corrected chi connectivity index (χ2v) is 9.33. The van der Waals surface area contributed by atoms with E-state index in [2.05, 4.69) is 0 Å². The first-order valence-corrected chi connectivity index (χ1v) is 10.4. The van der Waals surface area contributed by atoms with Gasteiger partial charge >= 0.3 is 6.18 Å². The fraction of sp³-hybridized carbons (Fsp3) is 0.682. The summed E-state index contributed by atoms with van der Waals surface area (Å²) in [6.07, 6.45) is -2.98. The Morgan fingerprint density at radius 1 is 1.17 bits per heavy atom. The van der Waals surface area contributed by atoms with Gasteiger partial charge in [0, 0.05) is 24.2 Å². The second kappa shape index (κ2) is 8.26. The van der Waals surface area contributed by atoms with E-state index in [1.807, 2.05) is 48.8 Å². The minimum Gasteiger partial charge on any atom is -0.387 e. The van der Waals surface area contributed by atoms with Crippen LogP contribution in [0.5, 0.6) is 0 Å². The number of fused-ring (bicyclic) bond motifs is 1. The number of carbonyl (C=O) groups is 1. The molecule has 1 fully saturated rings. The molecule has 1 aromatic carbocycles. The average molecular weight is 412 g/mol. The number of anilines is 1. The molecule has 29 heavy (non-hydrogen) atoms.